The third-order valence-electron chi connectivity index (χ3n) is 4.23. The Morgan fingerprint density at radius 3 is 2.42 bits per heavy atom. The zero-order valence-corrected chi connectivity index (χ0v) is 17.7. The van der Waals surface area contributed by atoms with Crippen molar-refractivity contribution >= 4 is 39.3 Å². The number of nitro groups is 1. The van der Waals surface area contributed by atoms with Crippen molar-refractivity contribution < 1.29 is 14.5 Å². The lowest BCUT2D eigenvalue weighted by atomic mass is 10.1. The van der Waals surface area contributed by atoms with Crippen LogP contribution in [0.25, 0.3) is 6.08 Å². The molecule has 0 aliphatic carbocycles. The number of rotatable bonds is 7. The average molecular weight is 478 g/mol. The van der Waals surface area contributed by atoms with Crippen molar-refractivity contribution in [2.24, 2.45) is 0 Å². The van der Waals surface area contributed by atoms with Crippen LogP contribution in [0.1, 0.15) is 11.1 Å². The highest BCUT2D eigenvalue weighted by Gasteiger charge is 2.12. The van der Waals surface area contributed by atoms with Crippen molar-refractivity contribution in [1.82, 2.24) is 0 Å². The van der Waals surface area contributed by atoms with Gasteiger partial charge >= 0.3 is 0 Å². The highest BCUT2D eigenvalue weighted by Crippen LogP contribution is 2.23. The molecule has 8 heteroatoms. The fourth-order valence-corrected chi connectivity index (χ4v) is 2.91. The van der Waals surface area contributed by atoms with Crippen LogP contribution in [0, 0.1) is 21.4 Å². The smallest absolute Gasteiger partial charge is 0.269 e. The van der Waals surface area contributed by atoms with Crippen LogP contribution in [-0.4, -0.2) is 10.8 Å². The van der Waals surface area contributed by atoms with Crippen LogP contribution >= 0.6 is 15.9 Å². The molecule has 7 nitrogen and oxygen atoms in total. The second-order valence-electron chi connectivity index (χ2n) is 6.38. The molecule has 3 rings (SSSR count). The lowest BCUT2D eigenvalue weighted by molar-refractivity contribution is -0.384. The molecule has 0 heterocycles. The molecule has 0 radical (unpaired) electrons. The number of ether oxygens (including phenoxy) is 1. The Hall–Kier alpha value is -3.96. The summed E-state index contributed by atoms with van der Waals surface area (Å²) < 4.78 is 6.69. The van der Waals surface area contributed by atoms with E-state index in [1.54, 1.807) is 60.7 Å². The van der Waals surface area contributed by atoms with Gasteiger partial charge in [-0.05, 0) is 54.1 Å². The summed E-state index contributed by atoms with van der Waals surface area (Å²) in [6.07, 6.45) is 1.46. The van der Waals surface area contributed by atoms with E-state index in [0.29, 0.717) is 17.0 Å². The molecule has 31 heavy (non-hydrogen) atoms. The zero-order valence-electron chi connectivity index (χ0n) is 16.1. The van der Waals surface area contributed by atoms with Gasteiger partial charge in [-0.1, -0.05) is 34.1 Å². The van der Waals surface area contributed by atoms with Gasteiger partial charge < -0.3 is 10.1 Å². The van der Waals surface area contributed by atoms with E-state index < -0.39 is 10.8 Å². The van der Waals surface area contributed by atoms with Crippen molar-refractivity contribution in [1.29, 1.82) is 5.26 Å². The van der Waals surface area contributed by atoms with Crippen LogP contribution in [0.5, 0.6) is 5.75 Å². The van der Waals surface area contributed by atoms with E-state index in [1.165, 1.54) is 18.2 Å². The molecule has 0 aliphatic heterocycles. The van der Waals surface area contributed by atoms with E-state index in [9.17, 15) is 20.2 Å². The fourth-order valence-electron chi connectivity index (χ4n) is 2.64. The topological polar surface area (TPSA) is 105 Å². The summed E-state index contributed by atoms with van der Waals surface area (Å²) in [5.74, 6) is -0.0555. The fraction of sp³-hybridized carbons (Fsp3) is 0.0435. The number of amides is 1. The van der Waals surface area contributed by atoms with E-state index in [1.807, 2.05) is 6.07 Å². The number of carbonyl (C=O) groups is 1. The number of nitriles is 1. The van der Waals surface area contributed by atoms with Gasteiger partial charge in [0.25, 0.3) is 11.6 Å². The van der Waals surface area contributed by atoms with Gasteiger partial charge in [-0.15, -0.1) is 0 Å². The molecule has 0 atom stereocenters. The van der Waals surface area contributed by atoms with E-state index in [2.05, 4.69) is 21.2 Å². The number of halogens is 1. The number of hydrogen-bond acceptors (Lipinski definition) is 5. The van der Waals surface area contributed by atoms with Crippen molar-refractivity contribution in [2.75, 3.05) is 5.32 Å². The summed E-state index contributed by atoms with van der Waals surface area (Å²) in [6, 6.07) is 22.0. The lowest BCUT2D eigenvalue weighted by Crippen LogP contribution is -2.13. The minimum Gasteiger partial charge on any atom is -0.488 e. The average Bonchev–Trinajstić information content (AvgIpc) is 2.78. The van der Waals surface area contributed by atoms with Crippen molar-refractivity contribution in [3.8, 4) is 11.8 Å². The van der Waals surface area contributed by atoms with Gasteiger partial charge in [0.15, 0.2) is 0 Å². The number of anilines is 1. The van der Waals surface area contributed by atoms with E-state index >= 15 is 0 Å². The molecule has 0 bridgehead atoms. The minimum absolute atomic E-state index is 0.00234. The van der Waals surface area contributed by atoms with Crippen LogP contribution in [0.4, 0.5) is 11.4 Å². The van der Waals surface area contributed by atoms with Crippen LogP contribution in [0.2, 0.25) is 0 Å². The van der Waals surface area contributed by atoms with Crippen LogP contribution in [0.3, 0.4) is 0 Å². The van der Waals surface area contributed by atoms with E-state index in [4.69, 9.17) is 4.74 Å². The van der Waals surface area contributed by atoms with E-state index in [-0.39, 0.29) is 17.9 Å². The molecular weight excluding hydrogens is 462 g/mol. The van der Waals surface area contributed by atoms with Gasteiger partial charge in [-0.3, -0.25) is 14.9 Å². The molecule has 0 aromatic heterocycles. The van der Waals surface area contributed by atoms with Gasteiger partial charge in [0, 0.05) is 27.9 Å². The molecule has 0 saturated carbocycles. The highest BCUT2D eigenvalue weighted by atomic mass is 79.9. The summed E-state index contributed by atoms with van der Waals surface area (Å²) in [5, 5.41) is 22.9. The summed E-state index contributed by atoms with van der Waals surface area (Å²) in [4.78, 5) is 22.8. The molecule has 1 N–H and O–H groups in total. The summed E-state index contributed by atoms with van der Waals surface area (Å²) in [6.45, 7) is 0.176. The second kappa shape index (κ2) is 10.2. The maximum Gasteiger partial charge on any atom is 0.269 e. The van der Waals surface area contributed by atoms with Gasteiger partial charge in [-0.2, -0.15) is 5.26 Å². The standard InChI is InChI=1S/C23H16BrN3O4/c24-19-7-9-20(10-8-19)26-23(28)18(14-25)13-17-3-1-2-4-22(17)31-15-16-5-11-21(12-6-16)27(29)30/h1-13H,15H2,(H,26,28)/b18-13+. The Morgan fingerprint density at radius 1 is 1.10 bits per heavy atom. The number of non-ortho nitro benzene ring substituents is 1. The molecule has 0 fully saturated rings. The molecular formula is C23H16BrN3O4. The first-order valence-corrected chi connectivity index (χ1v) is 9.89. The number of benzene rings is 3. The van der Waals surface area contributed by atoms with Gasteiger partial charge in [0.2, 0.25) is 0 Å². The molecule has 154 valence electrons. The molecule has 0 unspecified atom stereocenters. The number of hydrogen-bond donors (Lipinski definition) is 1. The third-order valence-corrected chi connectivity index (χ3v) is 4.76. The van der Waals surface area contributed by atoms with Gasteiger partial charge in [0.05, 0.1) is 4.92 Å². The van der Waals surface area contributed by atoms with Crippen LogP contribution < -0.4 is 10.1 Å². The largest absolute Gasteiger partial charge is 0.488 e. The third kappa shape index (κ3) is 6.01. The number of nitro benzene ring substituents is 1. The van der Waals surface area contributed by atoms with Gasteiger partial charge in [-0.25, -0.2) is 0 Å². The Morgan fingerprint density at radius 2 is 1.77 bits per heavy atom. The first-order chi connectivity index (χ1) is 15.0. The molecule has 3 aromatic carbocycles. The molecule has 0 aliphatic rings. The van der Waals surface area contributed by atoms with E-state index in [0.717, 1.165) is 10.0 Å². The normalized spacial score (nSPS) is 10.8. The monoisotopic (exact) mass is 477 g/mol. The zero-order chi connectivity index (χ0) is 22.2. The maximum absolute atomic E-state index is 12.5. The SMILES string of the molecule is N#C/C(=C\c1ccccc1OCc1ccc([N+](=O)[O-])cc1)C(=O)Nc1ccc(Br)cc1. The summed E-state index contributed by atoms with van der Waals surface area (Å²) in [5.41, 5.74) is 1.80. The molecule has 3 aromatic rings. The predicted octanol–water partition coefficient (Wildman–Crippen LogP) is 5.48. The number of carbonyl (C=O) groups excluding carboxylic acids is 1. The number of nitrogens with one attached hydrogen (secondary N) is 1. The Bertz CT molecular complexity index is 1170. The molecule has 0 spiro atoms. The minimum atomic E-state index is -0.532. The predicted molar refractivity (Wildman–Crippen MR) is 120 cm³/mol. The maximum atomic E-state index is 12.5. The number of nitrogens with zero attached hydrogens (tertiary/aromatic N) is 2. The summed E-state index contributed by atoms with van der Waals surface area (Å²) >= 11 is 3.33. The number of para-hydroxylation sites is 1. The summed E-state index contributed by atoms with van der Waals surface area (Å²) in [7, 11) is 0. The van der Waals surface area contributed by atoms with Gasteiger partial charge in [0.1, 0.15) is 24.0 Å². The quantitative estimate of drug-likeness (QED) is 0.210. The van der Waals surface area contributed by atoms with Crippen molar-refractivity contribution in [3.63, 3.8) is 0 Å². The first kappa shape index (κ1) is 21.7. The Labute approximate surface area is 186 Å². The van der Waals surface area contributed by atoms with Crippen molar-refractivity contribution in [3.05, 3.63) is 104 Å². The highest BCUT2D eigenvalue weighted by molar-refractivity contribution is 9.10. The van der Waals surface area contributed by atoms with Crippen molar-refractivity contribution in [2.45, 2.75) is 6.61 Å². The molecule has 0 saturated heterocycles. The van der Waals surface area contributed by atoms with Crippen LogP contribution in [-0.2, 0) is 11.4 Å². The first-order valence-electron chi connectivity index (χ1n) is 9.10. The Kier molecular flexibility index (Phi) is 7.14. The lowest BCUT2D eigenvalue weighted by Gasteiger charge is -2.10. The molecule has 1 amide bonds. The Balaban J connectivity index is 1.75. The second-order valence-corrected chi connectivity index (χ2v) is 7.30. The van der Waals surface area contributed by atoms with Crippen LogP contribution in [0.15, 0.2) is 82.8 Å².